The van der Waals surface area contributed by atoms with E-state index in [1.807, 2.05) is 31.2 Å². The molecule has 1 atom stereocenters. The van der Waals surface area contributed by atoms with Gasteiger partial charge in [-0.2, -0.15) is 0 Å². The Labute approximate surface area is 145 Å². The number of hydrogen-bond acceptors (Lipinski definition) is 3. The van der Waals surface area contributed by atoms with Gasteiger partial charge in [0.05, 0.1) is 6.61 Å². The zero-order valence-corrected chi connectivity index (χ0v) is 15.0. The molecule has 1 fully saturated rings. The third-order valence-corrected chi connectivity index (χ3v) is 4.88. The molecular formula is C19H31N3O2. The van der Waals surface area contributed by atoms with Gasteiger partial charge in [0.1, 0.15) is 0 Å². The molecule has 5 heteroatoms. The van der Waals surface area contributed by atoms with Crippen molar-refractivity contribution < 1.29 is 9.90 Å². The number of benzene rings is 1. The standard InChI is InChI=1S/C19H31N3O2/c1-16-7-3-4-8-18(16)15-22(13-14-23)19(24)20-10-9-17(2)21-11-5-6-12-21/h3-4,7-8,17,23H,5-6,9-15H2,1-2H3,(H,20,24)/t17-/m0/s1. The largest absolute Gasteiger partial charge is 0.395 e. The summed E-state index contributed by atoms with van der Waals surface area (Å²) in [6.45, 7) is 8.16. The normalized spacial score (nSPS) is 16.1. The number of carbonyl (C=O) groups excluding carboxylic acids is 1. The van der Waals surface area contributed by atoms with Gasteiger partial charge in [-0.3, -0.25) is 0 Å². The van der Waals surface area contributed by atoms with Crippen LogP contribution in [0, 0.1) is 6.92 Å². The third-order valence-electron chi connectivity index (χ3n) is 4.88. The summed E-state index contributed by atoms with van der Waals surface area (Å²) < 4.78 is 0. The molecule has 134 valence electrons. The molecule has 1 saturated heterocycles. The lowest BCUT2D eigenvalue weighted by atomic mass is 10.1. The molecular weight excluding hydrogens is 302 g/mol. The van der Waals surface area contributed by atoms with Gasteiger partial charge >= 0.3 is 6.03 Å². The van der Waals surface area contributed by atoms with E-state index in [1.54, 1.807) is 4.90 Å². The lowest BCUT2D eigenvalue weighted by Crippen LogP contribution is -2.43. The maximum Gasteiger partial charge on any atom is 0.317 e. The number of hydrogen-bond donors (Lipinski definition) is 2. The average molecular weight is 333 g/mol. The van der Waals surface area contributed by atoms with Crippen molar-refractivity contribution in [3.05, 3.63) is 35.4 Å². The fourth-order valence-corrected chi connectivity index (χ4v) is 3.23. The molecule has 2 N–H and O–H groups in total. The number of nitrogens with zero attached hydrogens (tertiary/aromatic N) is 2. The van der Waals surface area contributed by atoms with Gasteiger partial charge in [0.2, 0.25) is 0 Å². The van der Waals surface area contributed by atoms with E-state index < -0.39 is 0 Å². The molecule has 0 spiro atoms. The van der Waals surface area contributed by atoms with E-state index in [-0.39, 0.29) is 12.6 Å². The van der Waals surface area contributed by atoms with Gasteiger partial charge < -0.3 is 20.2 Å². The van der Waals surface area contributed by atoms with Gasteiger partial charge in [-0.25, -0.2) is 4.79 Å². The molecule has 0 aliphatic carbocycles. The van der Waals surface area contributed by atoms with Crippen molar-refractivity contribution in [2.75, 3.05) is 32.8 Å². The number of rotatable bonds is 8. The number of amides is 2. The quantitative estimate of drug-likeness (QED) is 0.768. The number of urea groups is 1. The SMILES string of the molecule is Cc1ccccc1CN(CCO)C(=O)NCC[C@H](C)N1CCCC1. The minimum Gasteiger partial charge on any atom is -0.395 e. The van der Waals surface area contributed by atoms with Gasteiger partial charge in [-0.05, 0) is 57.3 Å². The van der Waals surface area contributed by atoms with Crippen LogP contribution in [-0.2, 0) is 6.54 Å². The molecule has 1 aromatic carbocycles. The highest BCUT2D eigenvalue weighted by Gasteiger charge is 2.19. The Kier molecular flexibility index (Phi) is 7.53. The molecule has 0 radical (unpaired) electrons. The lowest BCUT2D eigenvalue weighted by molar-refractivity contribution is 0.172. The number of aryl methyl sites for hydroxylation is 1. The zero-order valence-electron chi connectivity index (χ0n) is 15.0. The van der Waals surface area contributed by atoms with Crippen LogP contribution < -0.4 is 5.32 Å². The second kappa shape index (κ2) is 9.64. The maximum atomic E-state index is 12.4. The van der Waals surface area contributed by atoms with Crippen molar-refractivity contribution >= 4 is 6.03 Å². The second-order valence-corrected chi connectivity index (χ2v) is 6.68. The van der Waals surface area contributed by atoms with Crippen molar-refractivity contribution in [1.29, 1.82) is 0 Å². The molecule has 1 aromatic rings. The fourth-order valence-electron chi connectivity index (χ4n) is 3.23. The molecule has 2 rings (SSSR count). The smallest absolute Gasteiger partial charge is 0.317 e. The molecule has 0 bridgehead atoms. The van der Waals surface area contributed by atoms with Crippen LogP contribution in [-0.4, -0.2) is 59.8 Å². The Hall–Kier alpha value is -1.59. The van der Waals surface area contributed by atoms with Gasteiger partial charge in [0.25, 0.3) is 0 Å². The first kappa shape index (κ1) is 18.7. The van der Waals surface area contributed by atoms with E-state index in [0.717, 1.165) is 17.5 Å². The summed E-state index contributed by atoms with van der Waals surface area (Å²) in [7, 11) is 0. The molecule has 2 amide bonds. The predicted molar refractivity (Wildman–Crippen MR) is 97.0 cm³/mol. The van der Waals surface area contributed by atoms with Crippen molar-refractivity contribution in [2.24, 2.45) is 0 Å². The summed E-state index contributed by atoms with van der Waals surface area (Å²) in [5, 5.41) is 12.3. The number of likely N-dealkylation sites (tertiary alicyclic amines) is 1. The average Bonchev–Trinajstić information content (AvgIpc) is 3.10. The molecule has 1 aliphatic heterocycles. The molecule has 0 aromatic heterocycles. The van der Waals surface area contributed by atoms with Crippen LogP contribution in [0.5, 0.6) is 0 Å². The van der Waals surface area contributed by atoms with E-state index in [2.05, 4.69) is 17.1 Å². The fraction of sp³-hybridized carbons (Fsp3) is 0.632. The van der Waals surface area contributed by atoms with Crippen LogP contribution >= 0.6 is 0 Å². The van der Waals surface area contributed by atoms with Crippen molar-refractivity contribution in [3.63, 3.8) is 0 Å². The Morgan fingerprint density at radius 2 is 2.04 bits per heavy atom. The molecule has 24 heavy (non-hydrogen) atoms. The van der Waals surface area contributed by atoms with Crippen LogP contribution in [0.1, 0.15) is 37.3 Å². The molecule has 5 nitrogen and oxygen atoms in total. The number of carbonyl (C=O) groups is 1. The van der Waals surface area contributed by atoms with Crippen molar-refractivity contribution in [1.82, 2.24) is 15.1 Å². The van der Waals surface area contributed by atoms with Gasteiger partial charge in [-0.15, -0.1) is 0 Å². The molecule has 1 aliphatic rings. The zero-order chi connectivity index (χ0) is 17.4. The van der Waals surface area contributed by atoms with Crippen LogP contribution in [0.15, 0.2) is 24.3 Å². The number of aliphatic hydroxyl groups excluding tert-OH is 1. The van der Waals surface area contributed by atoms with E-state index in [9.17, 15) is 9.90 Å². The highest BCUT2D eigenvalue weighted by Crippen LogP contribution is 2.13. The minimum atomic E-state index is -0.0964. The van der Waals surface area contributed by atoms with Gasteiger partial charge in [0, 0.05) is 25.7 Å². The third kappa shape index (κ3) is 5.49. The Bertz CT molecular complexity index is 515. The van der Waals surface area contributed by atoms with Crippen LogP contribution in [0.4, 0.5) is 4.79 Å². The summed E-state index contributed by atoms with van der Waals surface area (Å²) in [4.78, 5) is 16.6. The first-order valence-corrected chi connectivity index (χ1v) is 9.04. The van der Waals surface area contributed by atoms with Gasteiger partial charge in [-0.1, -0.05) is 24.3 Å². The first-order chi connectivity index (χ1) is 11.6. The lowest BCUT2D eigenvalue weighted by Gasteiger charge is -2.26. The highest BCUT2D eigenvalue weighted by atomic mass is 16.3. The summed E-state index contributed by atoms with van der Waals surface area (Å²) >= 11 is 0. The Morgan fingerprint density at radius 1 is 1.33 bits per heavy atom. The second-order valence-electron chi connectivity index (χ2n) is 6.68. The first-order valence-electron chi connectivity index (χ1n) is 9.04. The summed E-state index contributed by atoms with van der Waals surface area (Å²) in [6, 6.07) is 8.46. The minimum absolute atomic E-state index is 0.0243. The topological polar surface area (TPSA) is 55.8 Å². The maximum absolute atomic E-state index is 12.4. The number of nitrogens with one attached hydrogen (secondary N) is 1. The number of aliphatic hydroxyl groups is 1. The summed E-state index contributed by atoms with van der Waals surface area (Å²) in [5.41, 5.74) is 2.28. The highest BCUT2D eigenvalue weighted by molar-refractivity contribution is 5.74. The van der Waals surface area contributed by atoms with Crippen LogP contribution in [0.3, 0.4) is 0 Å². The summed E-state index contributed by atoms with van der Waals surface area (Å²) in [5.74, 6) is 0. The van der Waals surface area contributed by atoms with Crippen molar-refractivity contribution in [2.45, 2.75) is 45.7 Å². The van der Waals surface area contributed by atoms with Crippen LogP contribution in [0.25, 0.3) is 0 Å². The molecule has 1 heterocycles. The molecule has 0 saturated carbocycles. The predicted octanol–water partition coefficient (Wildman–Crippen LogP) is 2.37. The summed E-state index contributed by atoms with van der Waals surface area (Å²) in [6.07, 6.45) is 3.54. The van der Waals surface area contributed by atoms with E-state index in [0.29, 0.717) is 25.7 Å². The van der Waals surface area contributed by atoms with E-state index in [4.69, 9.17) is 0 Å². The van der Waals surface area contributed by atoms with Crippen LogP contribution in [0.2, 0.25) is 0 Å². The Balaban J connectivity index is 1.81. The Morgan fingerprint density at radius 3 is 2.71 bits per heavy atom. The monoisotopic (exact) mass is 333 g/mol. The van der Waals surface area contributed by atoms with Gasteiger partial charge in [0.15, 0.2) is 0 Å². The molecule has 0 unspecified atom stereocenters. The van der Waals surface area contributed by atoms with Crippen molar-refractivity contribution in [3.8, 4) is 0 Å². The van der Waals surface area contributed by atoms with E-state index >= 15 is 0 Å². The van der Waals surface area contributed by atoms with E-state index in [1.165, 1.54) is 25.9 Å².